The third-order valence-electron chi connectivity index (χ3n) is 2.03. The Morgan fingerprint density at radius 2 is 2.25 bits per heavy atom. The van der Waals surface area contributed by atoms with Crippen LogP contribution in [-0.2, 0) is 4.74 Å². The molecule has 0 radical (unpaired) electrons. The maximum Gasteiger partial charge on any atom is 0.261 e. The SMILES string of the molecule is Nc1ccncc1C(O)CCOCC(F)F. The number of aromatic nitrogens is 1. The highest BCUT2D eigenvalue weighted by molar-refractivity contribution is 5.45. The monoisotopic (exact) mass is 232 g/mol. The Balaban J connectivity index is 2.35. The molecule has 3 N–H and O–H groups in total. The van der Waals surface area contributed by atoms with Crippen molar-refractivity contribution in [2.75, 3.05) is 18.9 Å². The Bertz CT molecular complexity index is 323. The second-order valence-electron chi connectivity index (χ2n) is 3.28. The minimum Gasteiger partial charge on any atom is -0.398 e. The highest BCUT2D eigenvalue weighted by atomic mass is 19.3. The predicted molar refractivity (Wildman–Crippen MR) is 55.0 cm³/mol. The summed E-state index contributed by atoms with van der Waals surface area (Å²) in [5.41, 5.74) is 6.53. The molecule has 4 nitrogen and oxygen atoms in total. The summed E-state index contributed by atoms with van der Waals surface area (Å²) in [5.74, 6) is 0. The van der Waals surface area contributed by atoms with Crippen LogP contribution in [-0.4, -0.2) is 29.7 Å². The second kappa shape index (κ2) is 6.34. The van der Waals surface area contributed by atoms with Gasteiger partial charge in [-0.2, -0.15) is 0 Å². The summed E-state index contributed by atoms with van der Waals surface area (Å²) in [6, 6.07) is 1.57. The molecule has 0 bridgehead atoms. The molecule has 1 rings (SSSR count). The number of nitrogen functional groups attached to an aromatic ring is 1. The lowest BCUT2D eigenvalue weighted by atomic mass is 10.1. The number of hydrogen-bond donors (Lipinski definition) is 2. The minimum atomic E-state index is -2.49. The number of hydrogen-bond acceptors (Lipinski definition) is 4. The van der Waals surface area contributed by atoms with Crippen LogP contribution < -0.4 is 5.73 Å². The Labute approximate surface area is 92.1 Å². The van der Waals surface area contributed by atoms with E-state index in [1.807, 2.05) is 0 Å². The third-order valence-corrected chi connectivity index (χ3v) is 2.03. The normalized spacial score (nSPS) is 13.0. The van der Waals surface area contributed by atoms with Crippen LogP contribution in [0.1, 0.15) is 18.1 Å². The number of nitrogens with zero attached hydrogens (tertiary/aromatic N) is 1. The number of aliphatic hydroxyl groups is 1. The smallest absolute Gasteiger partial charge is 0.261 e. The summed E-state index contributed by atoms with van der Waals surface area (Å²) in [4.78, 5) is 3.82. The molecule has 0 saturated heterocycles. The number of rotatable bonds is 6. The van der Waals surface area contributed by atoms with E-state index >= 15 is 0 Å². The van der Waals surface area contributed by atoms with E-state index in [4.69, 9.17) is 5.73 Å². The van der Waals surface area contributed by atoms with Gasteiger partial charge in [0.25, 0.3) is 6.43 Å². The maximum absolute atomic E-state index is 11.7. The third kappa shape index (κ3) is 4.08. The first-order valence-corrected chi connectivity index (χ1v) is 4.84. The Morgan fingerprint density at radius 1 is 1.50 bits per heavy atom. The molecular formula is C10H14F2N2O2. The lowest BCUT2D eigenvalue weighted by molar-refractivity contribution is 0.00485. The second-order valence-corrected chi connectivity index (χ2v) is 3.28. The first-order chi connectivity index (χ1) is 7.61. The lowest BCUT2D eigenvalue weighted by Crippen LogP contribution is -2.09. The molecule has 0 amide bonds. The Kier molecular flexibility index (Phi) is 5.07. The van der Waals surface area contributed by atoms with Gasteiger partial charge in [-0.3, -0.25) is 4.98 Å². The number of nitrogens with two attached hydrogens (primary N) is 1. The van der Waals surface area contributed by atoms with Crippen molar-refractivity contribution in [1.82, 2.24) is 4.98 Å². The molecule has 90 valence electrons. The van der Waals surface area contributed by atoms with E-state index < -0.39 is 19.1 Å². The van der Waals surface area contributed by atoms with Crippen molar-refractivity contribution >= 4 is 5.69 Å². The number of alkyl halides is 2. The fourth-order valence-corrected chi connectivity index (χ4v) is 1.22. The summed E-state index contributed by atoms with van der Waals surface area (Å²) < 4.78 is 28.1. The van der Waals surface area contributed by atoms with E-state index in [9.17, 15) is 13.9 Å². The zero-order chi connectivity index (χ0) is 12.0. The van der Waals surface area contributed by atoms with Gasteiger partial charge in [0, 0.05) is 36.7 Å². The summed E-state index contributed by atoms with van der Waals surface area (Å²) in [6.45, 7) is -0.560. The molecule has 1 atom stereocenters. The van der Waals surface area contributed by atoms with Crippen LogP contribution in [0.2, 0.25) is 0 Å². The van der Waals surface area contributed by atoms with Gasteiger partial charge in [0.05, 0.1) is 6.10 Å². The maximum atomic E-state index is 11.7. The number of ether oxygens (including phenoxy) is 1. The van der Waals surface area contributed by atoms with Gasteiger partial charge in [0.2, 0.25) is 0 Å². The highest BCUT2D eigenvalue weighted by Crippen LogP contribution is 2.21. The number of anilines is 1. The number of halogens is 2. The highest BCUT2D eigenvalue weighted by Gasteiger charge is 2.11. The Morgan fingerprint density at radius 3 is 2.88 bits per heavy atom. The number of pyridine rings is 1. The van der Waals surface area contributed by atoms with Crippen molar-refractivity contribution < 1.29 is 18.6 Å². The molecule has 0 aliphatic rings. The summed E-state index contributed by atoms with van der Waals surface area (Å²) >= 11 is 0. The molecule has 0 saturated carbocycles. The van der Waals surface area contributed by atoms with E-state index in [1.54, 1.807) is 6.07 Å². The van der Waals surface area contributed by atoms with Gasteiger partial charge in [-0.15, -0.1) is 0 Å². The van der Waals surface area contributed by atoms with Crippen LogP contribution in [0.4, 0.5) is 14.5 Å². The largest absolute Gasteiger partial charge is 0.398 e. The van der Waals surface area contributed by atoms with E-state index in [-0.39, 0.29) is 13.0 Å². The fraction of sp³-hybridized carbons (Fsp3) is 0.500. The average molecular weight is 232 g/mol. The van der Waals surface area contributed by atoms with E-state index in [0.717, 1.165) is 0 Å². The quantitative estimate of drug-likeness (QED) is 0.727. The van der Waals surface area contributed by atoms with Gasteiger partial charge in [-0.05, 0) is 6.07 Å². The van der Waals surface area contributed by atoms with Gasteiger partial charge < -0.3 is 15.6 Å². The molecular weight excluding hydrogens is 218 g/mol. The van der Waals surface area contributed by atoms with Crippen molar-refractivity contribution in [2.24, 2.45) is 0 Å². The standard InChI is InChI=1S/C10H14F2N2O2/c11-10(12)6-16-4-2-9(15)7-5-14-3-1-8(7)13/h1,3,5,9-10,15H,2,4,6H2,(H2,13,14). The number of aliphatic hydroxyl groups excluding tert-OH is 1. The van der Waals surface area contributed by atoms with Gasteiger partial charge in [-0.25, -0.2) is 8.78 Å². The average Bonchev–Trinajstić information content (AvgIpc) is 2.24. The summed E-state index contributed by atoms with van der Waals surface area (Å²) in [6.07, 6.45) is -0.152. The molecule has 1 heterocycles. The molecule has 0 fully saturated rings. The van der Waals surface area contributed by atoms with Crippen molar-refractivity contribution in [1.29, 1.82) is 0 Å². The van der Waals surface area contributed by atoms with Crippen LogP contribution in [0, 0.1) is 0 Å². The topological polar surface area (TPSA) is 68.4 Å². The Hall–Kier alpha value is -1.27. The lowest BCUT2D eigenvalue weighted by Gasteiger charge is -2.12. The zero-order valence-electron chi connectivity index (χ0n) is 8.64. The van der Waals surface area contributed by atoms with Crippen LogP contribution >= 0.6 is 0 Å². The molecule has 16 heavy (non-hydrogen) atoms. The van der Waals surface area contributed by atoms with Crippen molar-refractivity contribution in [3.63, 3.8) is 0 Å². The fourth-order valence-electron chi connectivity index (χ4n) is 1.22. The first kappa shape index (κ1) is 12.8. The molecule has 1 unspecified atom stereocenters. The predicted octanol–water partition coefficient (Wildman–Crippen LogP) is 1.37. The van der Waals surface area contributed by atoms with Gasteiger partial charge in [-0.1, -0.05) is 0 Å². The molecule has 1 aromatic rings. The van der Waals surface area contributed by atoms with Crippen LogP contribution in [0.3, 0.4) is 0 Å². The van der Waals surface area contributed by atoms with E-state index in [2.05, 4.69) is 9.72 Å². The minimum absolute atomic E-state index is 0.0554. The summed E-state index contributed by atoms with van der Waals surface area (Å²) in [7, 11) is 0. The molecule has 1 aromatic heterocycles. The van der Waals surface area contributed by atoms with Gasteiger partial charge in [0.15, 0.2) is 0 Å². The van der Waals surface area contributed by atoms with Crippen LogP contribution in [0.25, 0.3) is 0 Å². The first-order valence-electron chi connectivity index (χ1n) is 4.84. The zero-order valence-corrected chi connectivity index (χ0v) is 8.64. The molecule has 0 aromatic carbocycles. The molecule has 0 aliphatic heterocycles. The van der Waals surface area contributed by atoms with Crippen molar-refractivity contribution in [2.45, 2.75) is 19.0 Å². The summed E-state index contributed by atoms with van der Waals surface area (Å²) in [5, 5.41) is 9.68. The molecule has 6 heteroatoms. The van der Waals surface area contributed by atoms with E-state index in [0.29, 0.717) is 11.3 Å². The molecule has 0 aliphatic carbocycles. The van der Waals surface area contributed by atoms with Gasteiger partial charge >= 0.3 is 0 Å². The van der Waals surface area contributed by atoms with Crippen molar-refractivity contribution in [3.05, 3.63) is 24.0 Å². The van der Waals surface area contributed by atoms with Crippen molar-refractivity contribution in [3.8, 4) is 0 Å². The van der Waals surface area contributed by atoms with Crippen LogP contribution in [0.5, 0.6) is 0 Å². The molecule has 0 spiro atoms. The van der Waals surface area contributed by atoms with Crippen LogP contribution in [0.15, 0.2) is 18.5 Å². The van der Waals surface area contributed by atoms with Gasteiger partial charge in [0.1, 0.15) is 6.61 Å². The van der Waals surface area contributed by atoms with E-state index in [1.165, 1.54) is 12.4 Å².